The molecule has 1 heterocycles. The smallest absolute Gasteiger partial charge is 0.337 e. The number of ether oxygens (including phenoxy) is 1. The van der Waals surface area contributed by atoms with E-state index in [0.717, 1.165) is 31.1 Å². The van der Waals surface area contributed by atoms with Crippen LogP contribution < -0.4 is 4.72 Å². The Bertz CT molecular complexity index is 967. The van der Waals surface area contributed by atoms with Crippen molar-refractivity contribution in [2.24, 2.45) is 5.92 Å². The summed E-state index contributed by atoms with van der Waals surface area (Å²) >= 11 is 0. The fourth-order valence-electron chi connectivity index (χ4n) is 3.69. The second-order valence-electron chi connectivity index (χ2n) is 8.05. The van der Waals surface area contributed by atoms with Crippen LogP contribution >= 0.6 is 0 Å². The van der Waals surface area contributed by atoms with Crippen molar-refractivity contribution < 1.29 is 17.9 Å². The van der Waals surface area contributed by atoms with Gasteiger partial charge in [-0.3, -0.25) is 4.90 Å². The van der Waals surface area contributed by atoms with Crippen molar-refractivity contribution in [2.75, 3.05) is 20.2 Å². The van der Waals surface area contributed by atoms with E-state index in [1.165, 1.54) is 25.5 Å². The van der Waals surface area contributed by atoms with Crippen molar-refractivity contribution in [2.45, 2.75) is 38.6 Å². The predicted octanol–water partition coefficient (Wildman–Crippen LogP) is 3.32. The Labute approximate surface area is 179 Å². The lowest BCUT2D eigenvalue weighted by atomic mass is 9.98. The van der Waals surface area contributed by atoms with E-state index in [1.54, 1.807) is 24.3 Å². The molecule has 30 heavy (non-hydrogen) atoms. The minimum atomic E-state index is -3.54. The molecule has 0 bridgehead atoms. The Morgan fingerprint density at radius 2 is 1.73 bits per heavy atom. The molecular weight excluding hydrogens is 400 g/mol. The molecule has 3 rings (SSSR count). The number of nitrogens with one attached hydrogen (secondary N) is 1. The normalized spacial score (nSPS) is 15.8. The van der Waals surface area contributed by atoms with Gasteiger partial charge in [0.25, 0.3) is 0 Å². The average molecular weight is 431 g/mol. The zero-order chi connectivity index (χ0) is 21.6. The van der Waals surface area contributed by atoms with E-state index in [9.17, 15) is 13.2 Å². The van der Waals surface area contributed by atoms with Crippen molar-refractivity contribution in [1.82, 2.24) is 9.62 Å². The highest BCUT2D eigenvalue weighted by atomic mass is 32.2. The molecule has 2 aromatic carbocycles. The van der Waals surface area contributed by atoms with Crippen LogP contribution in [0.2, 0.25) is 0 Å². The number of likely N-dealkylation sites (tertiary alicyclic amines) is 1. The largest absolute Gasteiger partial charge is 0.465 e. The molecule has 0 atom stereocenters. The van der Waals surface area contributed by atoms with E-state index in [4.69, 9.17) is 4.74 Å². The Kier molecular flexibility index (Phi) is 7.64. The number of carbonyl (C=O) groups excluding carboxylic acids is 1. The third-order valence-electron chi connectivity index (χ3n) is 5.47. The molecule has 162 valence electrons. The fraction of sp³-hybridized carbons (Fsp3) is 0.435. The molecule has 2 aromatic rings. The average Bonchev–Trinajstić information content (AvgIpc) is 2.74. The van der Waals surface area contributed by atoms with Crippen molar-refractivity contribution in [1.29, 1.82) is 0 Å². The van der Waals surface area contributed by atoms with E-state index in [-0.39, 0.29) is 12.3 Å². The van der Waals surface area contributed by atoms with E-state index in [0.29, 0.717) is 11.1 Å². The summed E-state index contributed by atoms with van der Waals surface area (Å²) in [6.07, 6.45) is 2.47. The van der Waals surface area contributed by atoms with Crippen LogP contribution in [0.15, 0.2) is 48.5 Å². The number of methoxy groups -OCH3 is 1. The number of carbonyl (C=O) groups is 1. The first-order chi connectivity index (χ1) is 14.3. The maximum atomic E-state index is 12.5. The molecule has 0 spiro atoms. The summed E-state index contributed by atoms with van der Waals surface area (Å²) in [6.45, 7) is 5.67. The fourth-order valence-corrected chi connectivity index (χ4v) is 4.79. The molecule has 1 aliphatic heterocycles. The topological polar surface area (TPSA) is 75.7 Å². The van der Waals surface area contributed by atoms with Crippen LogP contribution in [0.3, 0.4) is 0 Å². The van der Waals surface area contributed by atoms with E-state index >= 15 is 0 Å². The lowest BCUT2D eigenvalue weighted by Gasteiger charge is -2.30. The maximum Gasteiger partial charge on any atom is 0.337 e. The maximum absolute atomic E-state index is 12.5. The first-order valence-electron chi connectivity index (χ1n) is 10.3. The molecule has 0 aromatic heterocycles. The van der Waals surface area contributed by atoms with Gasteiger partial charge in [0.15, 0.2) is 0 Å². The summed E-state index contributed by atoms with van der Waals surface area (Å²) in [4.78, 5) is 14.1. The van der Waals surface area contributed by atoms with Crippen molar-refractivity contribution in [3.8, 4) is 0 Å². The van der Waals surface area contributed by atoms with Crippen molar-refractivity contribution >= 4 is 16.0 Å². The first-order valence-corrected chi connectivity index (χ1v) is 11.9. The number of piperidine rings is 1. The van der Waals surface area contributed by atoms with Gasteiger partial charge in [-0.2, -0.15) is 0 Å². The molecule has 1 saturated heterocycles. The minimum Gasteiger partial charge on any atom is -0.465 e. The van der Waals surface area contributed by atoms with Crippen LogP contribution in [0.5, 0.6) is 0 Å². The Morgan fingerprint density at radius 3 is 2.47 bits per heavy atom. The van der Waals surface area contributed by atoms with E-state index in [2.05, 4.69) is 28.7 Å². The second-order valence-corrected chi connectivity index (χ2v) is 9.86. The summed E-state index contributed by atoms with van der Waals surface area (Å²) in [7, 11) is -2.24. The molecule has 1 fully saturated rings. The standard InChI is InChI=1S/C23H30N2O4S/c1-18-9-11-25(12-10-18)16-20-6-3-5-19(13-20)15-24-30(27,28)17-21-7-4-8-22(14-21)23(26)29-2/h3-8,13-14,18,24H,9-12,15-17H2,1-2H3. The van der Waals surface area contributed by atoms with Gasteiger partial charge in [0.2, 0.25) is 10.0 Å². The number of benzene rings is 2. The summed E-state index contributed by atoms with van der Waals surface area (Å²) in [6, 6.07) is 14.6. The predicted molar refractivity (Wildman–Crippen MR) is 117 cm³/mol. The third kappa shape index (κ3) is 6.65. The molecule has 1 N–H and O–H groups in total. The van der Waals surface area contributed by atoms with Crippen LogP contribution in [-0.4, -0.2) is 39.5 Å². The highest BCUT2D eigenvalue weighted by Crippen LogP contribution is 2.18. The van der Waals surface area contributed by atoms with Gasteiger partial charge in [-0.15, -0.1) is 0 Å². The first kappa shape index (κ1) is 22.5. The lowest BCUT2D eigenvalue weighted by molar-refractivity contribution is 0.0600. The molecule has 0 radical (unpaired) electrons. The number of nitrogens with zero attached hydrogens (tertiary/aromatic N) is 1. The summed E-state index contributed by atoms with van der Waals surface area (Å²) in [5, 5.41) is 0. The molecule has 0 unspecified atom stereocenters. The quantitative estimate of drug-likeness (QED) is 0.650. The summed E-state index contributed by atoms with van der Waals surface area (Å²) in [5.74, 6) is 0.126. The summed E-state index contributed by atoms with van der Waals surface area (Å²) in [5.41, 5.74) is 3.01. The van der Waals surface area contributed by atoms with E-state index < -0.39 is 16.0 Å². The molecule has 1 aliphatic rings. The van der Waals surface area contributed by atoms with Gasteiger partial charge in [-0.05, 0) is 60.7 Å². The van der Waals surface area contributed by atoms with Crippen molar-refractivity contribution in [3.05, 3.63) is 70.8 Å². The van der Waals surface area contributed by atoms with Crippen molar-refractivity contribution in [3.63, 3.8) is 0 Å². The van der Waals surface area contributed by atoms with Gasteiger partial charge in [0, 0.05) is 13.1 Å². The molecule has 6 nitrogen and oxygen atoms in total. The van der Waals surface area contributed by atoms with Gasteiger partial charge >= 0.3 is 5.97 Å². The van der Waals surface area contributed by atoms with Crippen LogP contribution in [0.4, 0.5) is 0 Å². The second kappa shape index (κ2) is 10.2. The summed E-state index contributed by atoms with van der Waals surface area (Å²) < 4.78 is 32.4. The van der Waals surface area contributed by atoms with E-state index in [1.807, 2.05) is 12.1 Å². The van der Waals surface area contributed by atoms with Gasteiger partial charge in [-0.25, -0.2) is 17.9 Å². The van der Waals surface area contributed by atoms with Gasteiger partial charge in [0.1, 0.15) is 0 Å². The Morgan fingerprint density at radius 1 is 1.07 bits per heavy atom. The SMILES string of the molecule is COC(=O)c1cccc(CS(=O)(=O)NCc2cccc(CN3CCC(C)CC3)c2)c1. The van der Waals surface area contributed by atoms with Crippen LogP contribution in [0, 0.1) is 5.92 Å². The van der Waals surface area contributed by atoms with Crippen LogP contribution in [0.1, 0.15) is 46.8 Å². The number of rotatable bonds is 8. The van der Waals surface area contributed by atoms with Gasteiger partial charge in [-0.1, -0.05) is 43.3 Å². The van der Waals surface area contributed by atoms with Crippen LogP contribution in [0.25, 0.3) is 0 Å². The molecular formula is C23H30N2O4S. The monoisotopic (exact) mass is 430 g/mol. The zero-order valence-corrected chi connectivity index (χ0v) is 18.5. The lowest BCUT2D eigenvalue weighted by Crippen LogP contribution is -2.32. The zero-order valence-electron chi connectivity index (χ0n) is 17.6. The van der Waals surface area contributed by atoms with Gasteiger partial charge < -0.3 is 4.74 Å². The molecule has 0 aliphatic carbocycles. The Hall–Kier alpha value is -2.22. The Balaban J connectivity index is 1.57. The number of esters is 1. The molecule has 0 saturated carbocycles. The highest BCUT2D eigenvalue weighted by molar-refractivity contribution is 7.88. The number of hydrogen-bond acceptors (Lipinski definition) is 5. The highest BCUT2D eigenvalue weighted by Gasteiger charge is 2.16. The van der Waals surface area contributed by atoms with Gasteiger partial charge in [0.05, 0.1) is 18.4 Å². The molecule has 0 amide bonds. The third-order valence-corrected chi connectivity index (χ3v) is 6.77. The number of sulfonamides is 1. The minimum absolute atomic E-state index is 0.191. The van der Waals surface area contributed by atoms with Crippen LogP contribution in [-0.2, 0) is 33.6 Å². The number of hydrogen-bond donors (Lipinski definition) is 1. The molecule has 7 heteroatoms.